The molecule has 0 radical (unpaired) electrons. The maximum Gasteiger partial charge on any atom is 0.131 e. The van der Waals surface area contributed by atoms with E-state index in [2.05, 4.69) is 22.9 Å². The lowest BCUT2D eigenvalue weighted by Gasteiger charge is -2.17. The van der Waals surface area contributed by atoms with Crippen molar-refractivity contribution in [3.8, 4) is 6.07 Å². The van der Waals surface area contributed by atoms with Crippen molar-refractivity contribution in [2.45, 2.75) is 13.8 Å². The van der Waals surface area contributed by atoms with Crippen LogP contribution < -0.4 is 4.90 Å². The van der Waals surface area contributed by atoms with Crippen molar-refractivity contribution < 1.29 is 0 Å². The molecular formula is C10H13N3. The van der Waals surface area contributed by atoms with Crippen LogP contribution in [0, 0.1) is 18.3 Å². The summed E-state index contributed by atoms with van der Waals surface area (Å²) in [6.07, 6.45) is 1.61. The SMILES string of the molecule is CCN(C)c1ncc(C#N)cc1C. The molecule has 0 bridgehead atoms. The first-order valence-electron chi connectivity index (χ1n) is 4.27. The Morgan fingerprint density at radius 1 is 1.62 bits per heavy atom. The van der Waals surface area contributed by atoms with Gasteiger partial charge in [0.25, 0.3) is 0 Å². The van der Waals surface area contributed by atoms with E-state index in [1.807, 2.05) is 20.0 Å². The van der Waals surface area contributed by atoms with E-state index in [9.17, 15) is 0 Å². The highest BCUT2D eigenvalue weighted by molar-refractivity contribution is 5.48. The number of hydrogen-bond acceptors (Lipinski definition) is 3. The fourth-order valence-electron chi connectivity index (χ4n) is 1.18. The maximum absolute atomic E-state index is 8.65. The van der Waals surface area contributed by atoms with E-state index in [1.54, 1.807) is 6.20 Å². The Balaban J connectivity index is 3.07. The van der Waals surface area contributed by atoms with Crippen molar-refractivity contribution in [2.24, 2.45) is 0 Å². The highest BCUT2D eigenvalue weighted by atomic mass is 15.2. The summed E-state index contributed by atoms with van der Waals surface area (Å²) in [6, 6.07) is 3.93. The minimum absolute atomic E-state index is 0.616. The molecule has 0 amide bonds. The zero-order valence-corrected chi connectivity index (χ0v) is 8.20. The molecule has 1 aromatic heterocycles. The molecule has 0 aliphatic heterocycles. The molecule has 0 fully saturated rings. The van der Waals surface area contributed by atoms with E-state index >= 15 is 0 Å². The lowest BCUT2D eigenvalue weighted by atomic mass is 10.2. The molecule has 3 heteroatoms. The molecule has 68 valence electrons. The number of nitrogens with zero attached hydrogens (tertiary/aromatic N) is 3. The monoisotopic (exact) mass is 175 g/mol. The van der Waals surface area contributed by atoms with Gasteiger partial charge in [-0.2, -0.15) is 5.26 Å². The minimum Gasteiger partial charge on any atom is -0.360 e. The topological polar surface area (TPSA) is 39.9 Å². The van der Waals surface area contributed by atoms with E-state index in [4.69, 9.17) is 5.26 Å². The Bertz CT molecular complexity index is 339. The number of hydrogen-bond donors (Lipinski definition) is 0. The molecule has 0 N–H and O–H groups in total. The molecule has 1 heterocycles. The third-order valence-electron chi connectivity index (χ3n) is 2.02. The van der Waals surface area contributed by atoms with Crippen molar-refractivity contribution >= 4 is 5.82 Å². The van der Waals surface area contributed by atoms with Crippen LogP contribution in [0.3, 0.4) is 0 Å². The van der Waals surface area contributed by atoms with Gasteiger partial charge >= 0.3 is 0 Å². The molecule has 1 aromatic rings. The van der Waals surface area contributed by atoms with Gasteiger partial charge in [0, 0.05) is 19.8 Å². The average molecular weight is 175 g/mol. The Hall–Kier alpha value is -1.56. The number of nitriles is 1. The second-order valence-corrected chi connectivity index (χ2v) is 2.99. The van der Waals surface area contributed by atoms with Gasteiger partial charge in [0.05, 0.1) is 5.56 Å². The lowest BCUT2D eigenvalue weighted by Crippen LogP contribution is -2.18. The van der Waals surface area contributed by atoms with Crippen LogP contribution >= 0.6 is 0 Å². The molecule has 0 aromatic carbocycles. The maximum atomic E-state index is 8.65. The number of rotatable bonds is 2. The normalized spacial score (nSPS) is 9.38. The van der Waals surface area contributed by atoms with Crippen LogP contribution in [0.2, 0.25) is 0 Å². The van der Waals surface area contributed by atoms with Crippen molar-refractivity contribution in [1.29, 1.82) is 5.26 Å². The van der Waals surface area contributed by atoms with Crippen molar-refractivity contribution in [3.63, 3.8) is 0 Å². The van der Waals surface area contributed by atoms with Gasteiger partial charge in [-0.1, -0.05) is 0 Å². The third-order valence-corrected chi connectivity index (χ3v) is 2.02. The predicted octanol–water partition coefficient (Wildman–Crippen LogP) is 1.72. The Morgan fingerprint density at radius 3 is 2.77 bits per heavy atom. The zero-order valence-electron chi connectivity index (χ0n) is 8.20. The van der Waals surface area contributed by atoms with Gasteiger partial charge in [-0.3, -0.25) is 0 Å². The van der Waals surface area contributed by atoms with Crippen molar-refractivity contribution in [1.82, 2.24) is 4.98 Å². The van der Waals surface area contributed by atoms with Crippen LogP contribution in [0.4, 0.5) is 5.82 Å². The summed E-state index contributed by atoms with van der Waals surface area (Å²) in [4.78, 5) is 6.28. The van der Waals surface area contributed by atoms with Crippen LogP contribution in [0.15, 0.2) is 12.3 Å². The van der Waals surface area contributed by atoms with Crippen LogP contribution in [-0.2, 0) is 0 Å². The summed E-state index contributed by atoms with van der Waals surface area (Å²) in [5.74, 6) is 0.946. The molecule has 13 heavy (non-hydrogen) atoms. The second-order valence-electron chi connectivity index (χ2n) is 2.99. The van der Waals surface area contributed by atoms with E-state index in [1.165, 1.54) is 0 Å². The van der Waals surface area contributed by atoms with Crippen LogP contribution in [0.5, 0.6) is 0 Å². The molecule has 0 unspecified atom stereocenters. The minimum atomic E-state index is 0.616. The number of anilines is 1. The predicted molar refractivity (Wildman–Crippen MR) is 52.6 cm³/mol. The first-order chi connectivity index (χ1) is 6.19. The van der Waals surface area contributed by atoms with Gasteiger partial charge < -0.3 is 4.90 Å². The molecule has 0 atom stereocenters. The van der Waals surface area contributed by atoms with Crippen molar-refractivity contribution in [2.75, 3.05) is 18.5 Å². The quantitative estimate of drug-likeness (QED) is 0.687. The third kappa shape index (κ3) is 1.97. The Kier molecular flexibility index (Phi) is 2.86. The van der Waals surface area contributed by atoms with Crippen molar-refractivity contribution in [3.05, 3.63) is 23.4 Å². The van der Waals surface area contributed by atoms with Crippen LogP contribution in [0.1, 0.15) is 18.1 Å². The largest absolute Gasteiger partial charge is 0.360 e. The lowest BCUT2D eigenvalue weighted by molar-refractivity contribution is 0.928. The Labute approximate surface area is 78.6 Å². The van der Waals surface area contributed by atoms with Gasteiger partial charge in [-0.25, -0.2) is 4.98 Å². The smallest absolute Gasteiger partial charge is 0.131 e. The second kappa shape index (κ2) is 3.90. The fourth-order valence-corrected chi connectivity index (χ4v) is 1.18. The molecule has 0 aliphatic carbocycles. The highest BCUT2D eigenvalue weighted by Gasteiger charge is 2.04. The van der Waals surface area contributed by atoms with Gasteiger partial charge in [-0.15, -0.1) is 0 Å². The van der Waals surface area contributed by atoms with Gasteiger partial charge in [0.15, 0.2) is 0 Å². The van der Waals surface area contributed by atoms with Gasteiger partial charge in [0.2, 0.25) is 0 Å². The number of aromatic nitrogens is 1. The fraction of sp³-hybridized carbons (Fsp3) is 0.400. The summed E-state index contributed by atoms with van der Waals surface area (Å²) < 4.78 is 0. The first-order valence-corrected chi connectivity index (χ1v) is 4.27. The van der Waals surface area contributed by atoms with E-state index in [-0.39, 0.29) is 0 Å². The number of pyridine rings is 1. The van der Waals surface area contributed by atoms with E-state index in [0.29, 0.717) is 5.56 Å². The summed E-state index contributed by atoms with van der Waals surface area (Å²) in [7, 11) is 1.99. The molecule has 1 rings (SSSR count). The van der Waals surface area contributed by atoms with Crippen LogP contribution in [0.25, 0.3) is 0 Å². The van der Waals surface area contributed by atoms with E-state index in [0.717, 1.165) is 17.9 Å². The summed E-state index contributed by atoms with van der Waals surface area (Å²) in [5, 5.41) is 8.65. The first kappa shape index (κ1) is 9.53. The number of aryl methyl sites for hydroxylation is 1. The zero-order chi connectivity index (χ0) is 9.84. The van der Waals surface area contributed by atoms with E-state index < -0.39 is 0 Å². The molecule has 0 saturated heterocycles. The Morgan fingerprint density at radius 2 is 2.31 bits per heavy atom. The molecule has 0 aliphatic rings. The summed E-state index contributed by atoms with van der Waals surface area (Å²) in [5.41, 5.74) is 1.66. The average Bonchev–Trinajstić information content (AvgIpc) is 2.16. The van der Waals surface area contributed by atoms with Gasteiger partial charge in [-0.05, 0) is 25.5 Å². The molecule has 3 nitrogen and oxygen atoms in total. The molecule has 0 saturated carbocycles. The van der Waals surface area contributed by atoms with Gasteiger partial charge in [0.1, 0.15) is 11.9 Å². The summed E-state index contributed by atoms with van der Waals surface area (Å²) in [6.45, 7) is 4.95. The molecule has 0 spiro atoms. The van der Waals surface area contributed by atoms with Crippen LogP contribution in [-0.4, -0.2) is 18.6 Å². The highest BCUT2D eigenvalue weighted by Crippen LogP contribution is 2.15. The standard InChI is InChI=1S/C10H13N3/c1-4-13(3)10-8(2)5-9(6-11)7-12-10/h5,7H,4H2,1-3H3. The molecular weight excluding hydrogens is 162 g/mol. The summed E-state index contributed by atoms with van der Waals surface area (Å²) >= 11 is 0.